The Morgan fingerprint density at radius 3 is 2.87 bits per heavy atom. The summed E-state index contributed by atoms with van der Waals surface area (Å²) in [5.41, 5.74) is 2.62. The number of carbonyl (C=O) groups is 1. The van der Waals surface area contributed by atoms with Gasteiger partial charge in [0.1, 0.15) is 0 Å². The first-order valence-corrected chi connectivity index (χ1v) is 5.28. The van der Waals surface area contributed by atoms with Crippen molar-refractivity contribution in [2.24, 2.45) is 0 Å². The first kappa shape index (κ1) is 10.2. The molecule has 0 radical (unpaired) electrons. The molecule has 0 aliphatic heterocycles. The average molecular weight is 268 g/mol. The summed E-state index contributed by atoms with van der Waals surface area (Å²) in [6.45, 7) is 2.02. The minimum absolute atomic E-state index is 0.329. The Kier molecular flexibility index (Phi) is 2.52. The normalized spacial score (nSPS) is 10.6. The van der Waals surface area contributed by atoms with Gasteiger partial charge in [0, 0.05) is 21.6 Å². The highest BCUT2D eigenvalue weighted by Crippen LogP contribution is 2.28. The Labute approximate surface area is 95.6 Å². The Hall–Kier alpha value is -1.29. The largest absolute Gasteiger partial charge is 0.465 e. The van der Waals surface area contributed by atoms with Gasteiger partial charge in [-0.1, -0.05) is 15.9 Å². The molecule has 0 atom stereocenters. The van der Waals surface area contributed by atoms with Crippen LogP contribution in [-0.2, 0) is 4.74 Å². The number of aromatic nitrogens is 1. The quantitative estimate of drug-likeness (QED) is 0.808. The van der Waals surface area contributed by atoms with Gasteiger partial charge in [-0.15, -0.1) is 0 Å². The number of hydrogen-bond acceptors (Lipinski definition) is 2. The third-order valence-electron chi connectivity index (χ3n) is 2.35. The lowest BCUT2D eigenvalue weighted by atomic mass is 10.1. The maximum Gasteiger partial charge on any atom is 0.337 e. The average Bonchev–Trinajstić information content (AvgIpc) is 2.59. The summed E-state index contributed by atoms with van der Waals surface area (Å²) in [6, 6.07) is 3.56. The highest BCUT2D eigenvalue weighted by Gasteiger charge is 2.11. The minimum atomic E-state index is -0.329. The molecule has 0 aliphatic rings. The van der Waals surface area contributed by atoms with E-state index in [1.54, 1.807) is 12.1 Å². The van der Waals surface area contributed by atoms with Gasteiger partial charge in [-0.25, -0.2) is 4.79 Å². The lowest BCUT2D eigenvalue weighted by molar-refractivity contribution is 0.0601. The van der Waals surface area contributed by atoms with Crippen molar-refractivity contribution >= 4 is 32.8 Å². The lowest BCUT2D eigenvalue weighted by Crippen LogP contribution is -2.00. The fourth-order valence-electron chi connectivity index (χ4n) is 1.62. The molecule has 1 heterocycles. The summed E-state index contributed by atoms with van der Waals surface area (Å²) in [4.78, 5) is 14.5. The van der Waals surface area contributed by atoms with Gasteiger partial charge in [-0.3, -0.25) is 0 Å². The number of benzene rings is 1. The number of esters is 1. The van der Waals surface area contributed by atoms with E-state index in [9.17, 15) is 4.79 Å². The van der Waals surface area contributed by atoms with Crippen LogP contribution in [0.4, 0.5) is 0 Å². The second-order valence-electron chi connectivity index (χ2n) is 3.34. The molecular weight excluding hydrogens is 258 g/mol. The van der Waals surface area contributed by atoms with Crippen LogP contribution in [0.3, 0.4) is 0 Å². The molecule has 0 spiro atoms. The van der Waals surface area contributed by atoms with Gasteiger partial charge in [0.25, 0.3) is 0 Å². The van der Waals surface area contributed by atoms with Crippen molar-refractivity contribution in [2.45, 2.75) is 6.92 Å². The van der Waals surface area contributed by atoms with Crippen LogP contribution in [0.2, 0.25) is 0 Å². The van der Waals surface area contributed by atoms with Crippen molar-refractivity contribution in [3.8, 4) is 0 Å². The molecule has 1 aromatic carbocycles. The molecule has 1 N–H and O–H groups in total. The Morgan fingerprint density at radius 2 is 2.20 bits per heavy atom. The second kappa shape index (κ2) is 3.70. The molecule has 0 aliphatic carbocycles. The van der Waals surface area contributed by atoms with Crippen molar-refractivity contribution in [1.82, 2.24) is 4.98 Å². The van der Waals surface area contributed by atoms with Crippen LogP contribution in [0.15, 0.2) is 22.8 Å². The number of carbonyl (C=O) groups excluding carboxylic acids is 1. The minimum Gasteiger partial charge on any atom is -0.465 e. The molecule has 78 valence electrons. The molecule has 2 rings (SSSR count). The highest BCUT2D eigenvalue weighted by atomic mass is 79.9. The van der Waals surface area contributed by atoms with E-state index in [2.05, 4.69) is 25.7 Å². The van der Waals surface area contributed by atoms with E-state index in [0.717, 1.165) is 20.9 Å². The fraction of sp³-hybridized carbons (Fsp3) is 0.182. The Balaban J connectivity index is 2.68. The molecule has 4 heteroatoms. The number of halogens is 1. The lowest BCUT2D eigenvalue weighted by Gasteiger charge is -2.02. The zero-order chi connectivity index (χ0) is 11.0. The molecule has 15 heavy (non-hydrogen) atoms. The van der Waals surface area contributed by atoms with Crippen LogP contribution in [0.25, 0.3) is 10.9 Å². The summed E-state index contributed by atoms with van der Waals surface area (Å²) in [5.74, 6) is -0.329. The molecule has 0 saturated carbocycles. The zero-order valence-electron chi connectivity index (χ0n) is 8.43. The third-order valence-corrected chi connectivity index (χ3v) is 2.98. The number of aromatic amines is 1. The van der Waals surface area contributed by atoms with Gasteiger partial charge < -0.3 is 9.72 Å². The monoisotopic (exact) mass is 267 g/mol. The molecule has 2 aromatic rings. The number of hydrogen-bond donors (Lipinski definition) is 1. The van der Waals surface area contributed by atoms with Gasteiger partial charge >= 0.3 is 5.97 Å². The van der Waals surface area contributed by atoms with E-state index in [1.807, 2.05) is 13.1 Å². The van der Waals surface area contributed by atoms with E-state index < -0.39 is 0 Å². The van der Waals surface area contributed by atoms with Gasteiger partial charge in [0.05, 0.1) is 12.7 Å². The smallest absolute Gasteiger partial charge is 0.337 e. The number of aryl methyl sites for hydroxylation is 1. The second-order valence-corrected chi connectivity index (χ2v) is 4.20. The van der Waals surface area contributed by atoms with Crippen molar-refractivity contribution in [3.05, 3.63) is 33.9 Å². The summed E-state index contributed by atoms with van der Waals surface area (Å²) in [5, 5.41) is 1.10. The van der Waals surface area contributed by atoms with E-state index in [0.29, 0.717) is 5.56 Å². The number of H-pyrrole nitrogens is 1. The van der Waals surface area contributed by atoms with E-state index >= 15 is 0 Å². The van der Waals surface area contributed by atoms with Crippen LogP contribution in [-0.4, -0.2) is 18.1 Å². The van der Waals surface area contributed by atoms with Crippen LogP contribution >= 0.6 is 15.9 Å². The predicted octanol–water partition coefficient (Wildman–Crippen LogP) is 3.03. The van der Waals surface area contributed by atoms with E-state index in [1.165, 1.54) is 7.11 Å². The van der Waals surface area contributed by atoms with Gasteiger partial charge in [0.15, 0.2) is 0 Å². The standard InChI is InChI=1S/C11H10BrNO2/c1-6-5-13-9-4-7(11(14)15-2)3-8(12)10(6)9/h3-5,13H,1-2H3. The van der Waals surface area contributed by atoms with E-state index in [-0.39, 0.29) is 5.97 Å². The molecule has 0 bridgehead atoms. The van der Waals surface area contributed by atoms with Crippen molar-refractivity contribution in [2.75, 3.05) is 7.11 Å². The van der Waals surface area contributed by atoms with Crippen LogP contribution in [0, 0.1) is 6.92 Å². The molecule has 0 fully saturated rings. The maximum absolute atomic E-state index is 11.4. The molecule has 1 aromatic heterocycles. The Bertz CT molecular complexity index is 531. The van der Waals surface area contributed by atoms with Crippen LogP contribution in [0.1, 0.15) is 15.9 Å². The maximum atomic E-state index is 11.4. The Morgan fingerprint density at radius 1 is 1.47 bits per heavy atom. The third kappa shape index (κ3) is 1.65. The molecule has 3 nitrogen and oxygen atoms in total. The number of fused-ring (bicyclic) bond motifs is 1. The van der Waals surface area contributed by atoms with Gasteiger partial charge in [-0.2, -0.15) is 0 Å². The van der Waals surface area contributed by atoms with Gasteiger partial charge in [0.2, 0.25) is 0 Å². The number of nitrogens with one attached hydrogen (secondary N) is 1. The molecular formula is C11H10BrNO2. The highest BCUT2D eigenvalue weighted by molar-refractivity contribution is 9.10. The van der Waals surface area contributed by atoms with Crippen LogP contribution < -0.4 is 0 Å². The first-order chi connectivity index (χ1) is 7.13. The SMILES string of the molecule is COC(=O)c1cc(Br)c2c(C)c[nH]c2c1. The summed E-state index contributed by atoms with van der Waals surface area (Å²) >= 11 is 3.45. The van der Waals surface area contributed by atoms with Crippen molar-refractivity contribution in [1.29, 1.82) is 0 Å². The molecule has 0 unspecified atom stereocenters. The summed E-state index contributed by atoms with van der Waals surface area (Å²) < 4.78 is 5.58. The van der Waals surface area contributed by atoms with Gasteiger partial charge in [-0.05, 0) is 24.6 Å². The molecule has 0 saturated heterocycles. The number of methoxy groups -OCH3 is 1. The fourth-order valence-corrected chi connectivity index (χ4v) is 2.39. The summed E-state index contributed by atoms with van der Waals surface area (Å²) in [6.07, 6.45) is 1.91. The number of rotatable bonds is 1. The summed E-state index contributed by atoms with van der Waals surface area (Å²) in [7, 11) is 1.38. The number of ether oxygens (including phenoxy) is 1. The predicted molar refractivity (Wildman–Crippen MR) is 62.1 cm³/mol. The van der Waals surface area contributed by atoms with Crippen LogP contribution in [0.5, 0.6) is 0 Å². The molecule has 0 amide bonds. The van der Waals surface area contributed by atoms with Crippen molar-refractivity contribution in [3.63, 3.8) is 0 Å². The van der Waals surface area contributed by atoms with Crippen molar-refractivity contribution < 1.29 is 9.53 Å². The zero-order valence-corrected chi connectivity index (χ0v) is 10.0. The van der Waals surface area contributed by atoms with E-state index in [4.69, 9.17) is 0 Å². The first-order valence-electron chi connectivity index (χ1n) is 4.49. The topological polar surface area (TPSA) is 42.1 Å².